The van der Waals surface area contributed by atoms with Gasteiger partial charge in [-0.25, -0.2) is 0 Å². The second-order valence-electron chi connectivity index (χ2n) is 2.56. The summed E-state index contributed by atoms with van der Waals surface area (Å²) in [6.07, 6.45) is 0. The molecule has 0 bridgehead atoms. The third kappa shape index (κ3) is 2.79. The molecule has 0 saturated carbocycles. The molecule has 1 aromatic rings. The summed E-state index contributed by atoms with van der Waals surface area (Å²) in [6, 6.07) is 6.29. The second-order valence-corrected chi connectivity index (χ2v) is 3.86. The maximum absolute atomic E-state index is 5.74. The van der Waals surface area contributed by atoms with Gasteiger partial charge in [0.05, 0.1) is 0 Å². The molecule has 0 aliphatic heterocycles. The van der Waals surface area contributed by atoms with Crippen LogP contribution in [0, 0.1) is 0 Å². The first-order valence-electron chi connectivity index (χ1n) is 3.59. The standard InChI is InChI=1S/C9H9Cl2I/c10-4-7-1-8(5-11)3-9(2-7)6-12/h1-3H,4-6H2. The van der Waals surface area contributed by atoms with E-state index in [9.17, 15) is 0 Å². The van der Waals surface area contributed by atoms with E-state index >= 15 is 0 Å². The van der Waals surface area contributed by atoms with E-state index in [2.05, 4.69) is 40.8 Å². The topological polar surface area (TPSA) is 0 Å². The van der Waals surface area contributed by atoms with Crippen molar-refractivity contribution < 1.29 is 0 Å². The fourth-order valence-corrected chi connectivity index (χ4v) is 1.82. The number of alkyl halides is 3. The molecule has 0 nitrogen and oxygen atoms in total. The lowest BCUT2D eigenvalue weighted by Gasteiger charge is -2.03. The predicted octanol–water partition coefficient (Wildman–Crippen LogP) is 4.10. The van der Waals surface area contributed by atoms with Gasteiger partial charge in [-0.1, -0.05) is 40.8 Å². The van der Waals surface area contributed by atoms with Crippen molar-refractivity contribution >= 4 is 45.8 Å². The third-order valence-electron chi connectivity index (χ3n) is 1.58. The molecule has 0 heterocycles. The minimum Gasteiger partial charge on any atom is -0.122 e. The van der Waals surface area contributed by atoms with Crippen LogP contribution < -0.4 is 0 Å². The number of hydrogen-bond acceptors (Lipinski definition) is 0. The first-order chi connectivity index (χ1) is 5.80. The minimum absolute atomic E-state index is 0.564. The molecule has 0 amide bonds. The van der Waals surface area contributed by atoms with Crippen molar-refractivity contribution in [3.8, 4) is 0 Å². The van der Waals surface area contributed by atoms with E-state index in [4.69, 9.17) is 23.2 Å². The molecule has 0 N–H and O–H groups in total. The summed E-state index contributed by atoms with van der Waals surface area (Å²) in [5.41, 5.74) is 3.60. The Morgan fingerprint density at radius 1 is 0.917 bits per heavy atom. The lowest BCUT2D eigenvalue weighted by molar-refractivity contribution is 1.27. The highest BCUT2D eigenvalue weighted by atomic mass is 127. The lowest BCUT2D eigenvalue weighted by atomic mass is 10.1. The number of hydrogen-bond donors (Lipinski definition) is 0. The molecule has 0 atom stereocenters. The van der Waals surface area contributed by atoms with Gasteiger partial charge in [-0.15, -0.1) is 23.2 Å². The van der Waals surface area contributed by atoms with Gasteiger partial charge in [-0.3, -0.25) is 0 Å². The van der Waals surface area contributed by atoms with Crippen molar-refractivity contribution in [1.29, 1.82) is 0 Å². The van der Waals surface area contributed by atoms with Crippen LogP contribution in [0.5, 0.6) is 0 Å². The molecule has 1 rings (SSSR count). The summed E-state index contributed by atoms with van der Waals surface area (Å²) in [7, 11) is 0. The quantitative estimate of drug-likeness (QED) is 0.582. The number of rotatable bonds is 3. The van der Waals surface area contributed by atoms with E-state index in [0.717, 1.165) is 15.6 Å². The zero-order valence-electron chi connectivity index (χ0n) is 6.49. The second kappa shape index (κ2) is 5.30. The summed E-state index contributed by atoms with van der Waals surface area (Å²) in [4.78, 5) is 0. The van der Waals surface area contributed by atoms with Crippen molar-refractivity contribution in [2.24, 2.45) is 0 Å². The highest BCUT2D eigenvalue weighted by molar-refractivity contribution is 14.1. The zero-order chi connectivity index (χ0) is 8.97. The first kappa shape index (κ1) is 10.6. The van der Waals surface area contributed by atoms with E-state index in [1.165, 1.54) is 5.56 Å². The molecule has 0 spiro atoms. The lowest BCUT2D eigenvalue weighted by Crippen LogP contribution is -1.87. The molecule has 1 aromatic carbocycles. The van der Waals surface area contributed by atoms with Crippen LogP contribution in [-0.2, 0) is 16.2 Å². The van der Waals surface area contributed by atoms with E-state index in [-0.39, 0.29) is 0 Å². The van der Waals surface area contributed by atoms with Gasteiger partial charge in [0.1, 0.15) is 0 Å². The third-order valence-corrected chi connectivity index (χ3v) is 3.07. The Morgan fingerprint density at radius 2 is 1.33 bits per heavy atom. The van der Waals surface area contributed by atoms with Crippen LogP contribution in [0.2, 0.25) is 0 Å². The van der Waals surface area contributed by atoms with E-state index < -0.39 is 0 Å². The van der Waals surface area contributed by atoms with Gasteiger partial charge in [0, 0.05) is 16.2 Å². The van der Waals surface area contributed by atoms with Crippen molar-refractivity contribution in [2.45, 2.75) is 16.2 Å². The highest BCUT2D eigenvalue weighted by Crippen LogP contribution is 2.16. The van der Waals surface area contributed by atoms with Crippen molar-refractivity contribution in [3.63, 3.8) is 0 Å². The molecule has 66 valence electrons. The SMILES string of the molecule is ClCc1cc(CCl)cc(CI)c1. The average molecular weight is 315 g/mol. The molecule has 0 aromatic heterocycles. The molecule has 0 aliphatic rings. The zero-order valence-corrected chi connectivity index (χ0v) is 10.2. The molecule has 0 fully saturated rings. The first-order valence-corrected chi connectivity index (χ1v) is 6.19. The van der Waals surface area contributed by atoms with Gasteiger partial charge in [0.2, 0.25) is 0 Å². The average Bonchev–Trinajstić information content (AvgIpc) is 2.16. The molecule has 0 saturated heterocycles. The van der Waals surface area contributed by atoms with Crippen LogP contribution in [0.3, 0.4) is 0 Å². The molecule has 0 aliphatic carbocycles. The van der Waals surface area contributed by atoms with E-state index in [0.29, 0.717) is 11.8 Å². The van der Waals surface area contributed by atoms with Crippen LogP contribution in [0.15, 0.2) is 18.2 Å². The highest BCUT2D eigenvalue weighted by Gasteiger charge is 1.98. The van der Waals surface area contributed by atoms with Crippen LogP contribution in [0.1, 0.15) is 16.7 Å². The smallest absolute Gasteiger partial charge is 0.0474 e. The van der Waals surface area contributed by atoms with Crippen molar-refractivity contribution in [3.05, 3.63) is 34.9 Å². The summed E-state index contributed by atoms with van der Waals surface area (Å²) in [5.74, 6) is 1.13. The van der Waals surface area contributed by atoms with Gasteiger partial charge in [0.25, 0.3) is 0 Å². The maximum Gasteiger partial charge on any atom is 0.0474 e. The number of benzene rings is 1. The fourth-order valence-electron chi connectivity index (χ4n) is 1.07. The molecule has 12 heavy (non-hydrogen) atoms. The Bertz CT molecular complexity index is 205. The van der Waals surface area contributed by atoms with Crippen LogP contribution in [-0.4, -0.2) is 0 Å². The van der Waals surface area contributed by atoms with Gasteiger partial charge in [0.15, 0.2) is 0 Å². The monoisotopic (exact) mass is 314 g/mol. The van der Waals surface area contributed by atoms with Crippen LogP contribution >= 0.6 is 45.8 Å². The Morgan fingerprint density at radius 3 is 1.67 bits per heavy atom. The Labute approximate surface area is 96.4 Å². The fraction of sp³-hybridized carbons (Fsp3) is 0.333. The van der Waals surface area contributed by atoms with E-state index in [1.54, 1.807) is 0 Å². The van der Waals surface area contributed by atoms with Gasteiger partial charge in [-0.2, -0.15) is 0 Å². The summed E-state index contributed by atoms with van der Waals surface area (Å²) < 4.78 is 1.01. The normalized spacial score (nSPS) is 10.2. The summed E-state index contributed by atoms with van der Waals surface area (Å²) in [5, 5.41) is 0. The Balaban J connectivity index is 3.01. The van der Waals surface area contributed by atoms with E-state index in [1.807, 2.05) is 0 Å². The Hall–Kier alpha value is 0.530. The molecule has 0 unspecified atom stereocenters. The molecular formula is C9H9Cl2I. The largest absolute Gasteiger partial charge is 0.122 e. The number of halogens is 3. The van der Waals surface area contributed by atoms with Crippen LogP contribution in [0.25, 0.3) is 0 Å². The van der Waals surface area contributed by atoms with Gasteiger partial charge >= 0.3 is 0 Å². The summed E-state index contributed by atoms with van der Waals surface area (Å²) in [6.45, 7) is 0. The maximum atomic E-state index is 5.74. The predicted molar refractivity (Wildman–Crippen MR) is 63.3 cm³/mol. The molecule has 3 heteroatoms. The summed E-state index contributed by atoms with van der Waals surface area (Å²) >= 11 is 13.8. The molecule has 0 radical (unpaired) electrons. The Kier molecular flexibility index (Phi) is 4.69. The van der Waals surface area contributed by atoms with Gasteiger partial charge in [-0.05, 0) is 16.7 Å². The van der Waals surface area contributed by atoms with Gasteiger partial charge < -0.3 is 0 Å². The van der Waals surface area contributed by atoms with Crippen molar-refractivity contribution in [2.75, 3.05) is 0 Å². The van der Waals surface area contributed by atoms with Crippen molar-refractivity contribution in [1.82, 2.24) is 0 Å². The minimum atomic E-state index is 0.564. The van der Waals surface area contributed by atoms with Crippen LogP contribution in [0.4, 0.5) is 0 Å². The molecular weight excluding hydrogens is 306 g/mol.